The maximum Gasteiger partial charge on any atom is 0.391 e. The Bertz CT molecular complexity index is 639. The molecule has 0 atom stereocenters. The van der Waals surface area contributed by atoms with Crippen molar-refractivity contribution in [1.29, 1.82) is 0 Å². The zero-order chi connectivity index (χ0) is 22.6. The van der Waals surface area contributed by atoms with Crippen LogP contribution >= 0.6 is 11.6 Å². The molecule has 0 bridgehead atoms. The van der Waals surface area contributed by atoms with Gasteiger partial charge in [0.15, 0.2) is 0 Å². The largest absolute Gasteiger partial charge is 0.475 e. The van der Waals surface area contributed by atoms with Gasteiger partial charge in [-0.2, -0.15) is 13.2 Å². The maximum absolute atomic E-state index is 12.7. The fourth-order valence-corrected chi connectivity index (χ4v) is 2.98. The van der Waals surface area contributed by atoms with Crippen molar-refractivity contribution in [1.82, 2.24) is 10.3 Å². The van der Waals surface area contributed by atoms with Crippen molar-refractivity contribution in [2.45, 2.75) is 37.9 Å². The number of hydrogen-bond donors (Lipinski definition) is 2. The molecule has 1 aromatic heterocycles. The topological polar surface area (TPSA) is 89.9 Å². The van der Waals surface area contributed by atoms with Gasteiger partial charge in [-0.15, -0.1) is 0 Å². The van der Waals surface area contributed by atoms with Crippen LogP contribution in [-0.4, -0.2) is 68.9 Å². The monoisotopic (exact) mass is 456 g/mol. The number of pyridine rings is 1. The van der Waals surface area contributed by atoms with Crippen molar-refractivity contribution in [2.24, 2.45) is 5.92 Å². The average molecular weight is 457 g/mol. The molecular formula is C19H28ClF3N2O5. The third kappa shape index (κ3) is 9.46. The number of methoxy groups -OCH3 is 2. The number of carbonyl (C=O) groups excluding carboxylic acids is 1. The van der Waals surface area contributed by atoms with E-state index in [0.29, 0.717) is 13.2 Å². The van der Waals surface area contributed by atoms with Crippen LogP contribution in [0.25, 0.3) is 0 Å². The molecule has 0 radical (unpaired) electrons. The number of amides is 1. The molecule has 1 aliphatic rings. The lowest BCUT2D eigenvalue weighted by Gasteiger charge is -2.30. The molecule has 2 N–H and O–H groups in total. The van der Waals surface area contributed by atoms with Crippen molar-refractivity contribution in [2.75, 3.05) is 40.6 Å². The first kappa shape index (κ1) is 26.4. The lowest BCUT2D eigenvalue weighted by molar-refractivity contribution is -0.182. The van der Waals surface area contributed by atoms with E-state index in [1.807, 2.05) is 0 Å². The molecule has 1 saturated carbocycles. The molecule has 0 unspecified atom stereocenters. The SMILES string of the molecule is COCCO.COCCOc1nc(Cl)ccc1C(=O)N[C@H]1CC[C@H](C(F)(F)F)CC1. The number of alkyl halides is 3. The summed E-state index contributed by atoms with van der Waals surface area (Å²) in [5.41, 5.74) is 0.193. The summed E-state index contributed by atoms with van der Waals surface area (Å²) in [4.78, 5) is 16.4. The van der Waals surface area contributed by atoms with Crippen molar-refractivity contribution in [3.05, 3.63) is 22.8 Å². The number of aliphatic hydroxyl groups is 1. The zero-order valence-corrected chi connectivity index (χ0v) is 17.8. The van der Waals surface area contributed by atoms with E-state index in [1.54, 1.807) is 7.11 Å². The van der Waals surface area contributed by atoms with Crippen LogP contribution in [0.15, 0.2) is 12.1 Å². The van der Waals surface area contributed by atoms with Gasteiger partial charge in [-0.1, -0.05) is 11.6 Å². The first-order valence-electron chi connectivity index (χ1n) is 9.48. The van der Waals surface area contributed by atoms with Gasteiger partial charge in [0.25, 0.3) is 5.91 Å². The van der Waals surface area contributed by atoms with Gasteiger partial charge >= 0.3 is 6.18 Å². The van der Waals surface area contributed by atoms with Crippen molar-refractivity contribution >= 4 is 17.5 Å². The Hall–Kier alpha value is -1.62. The number of halogens is 4. The fraction of sp³-hybridized carbons (Fsp3) is 0.684. The second-order valence-electron chi connectivity index (χ2n) is 6.61. The molecule has 1 aliphatic carbocycles. The normalized spacial score (nSPS) is 18.9. The predicted octanol–water partition coefficient (Wildman–Crippen LogP) is 3.24. The highest BCUT2D eigenvalue weighted by molar-refractivity contribution is 6.29. The van der Waals surface area contributed by atoms with Crippen LogP contribution in [-0.2, 0) is 9.47 Å². The van der Waals surface area contributed by atoms with Gasteiger partial charge in [0.2, 0.25) is 5.88 Å². The lowest BCUT2D eigenvalue weighted by Crippen LogP contribution is -2.40. The summed E-state index contributed by atoms with van der Waals surface area (Å²) in [6, 6.07) is 2.64. The van der Waals surface area contributed by atoms with Crippen LogP contribution in [0.1, 0.15) is 36.0 Å². The number of aromatic nitrogens is 1. The van der Waals surface area contributed by atoms with Gasteiger partial charge in [0, 0.05) is 20.3 Å². The number of ether oxygens (including phenoxy) is 3. The lowest BCUT2D eigenvalue weighted by atomic mass is 9.85. The van der Waals surface area contributed by atoms with Gasteiger partial charge in [-0.3, -0.25) is 4.79 Å². The Balaban J connectivity index is 0.000000804. The number of aliphatic hydroxyl groups excluding tert-OH is 1. The molecule has 7 nitrogen and oxygen atoms in total. The van der Waals surface area contributed by atoms with Crippen LogP contribution in [0.4, 0.5) is 13.2 Å². The van der Waals surface area contributed by atoms with Gasteiger partial charge in [0.05, 0.1) is 25.7 Å². The van der Waals surface area contributed by atoms with Crippen LogP contribution in [0.5, 0.6) is 5.88 Å². The first-order valence-corrected chi connectivity index (χ1v) is 9.86. The molecule has 0 aromatic carbocycles. The van der Waals surface area contributed by atoms with E-state index in [4.69, 9.17) is 26.2 Å². The minimum absolute atomic E-state index is 0.0184. The van der Waals surface area contributed by atoms with E-state index in [9.17, 15) is 18.0 Å². The number of nitrogens with zero attached hydrogens (tertiary/aromatic N) is 1. The van der Waals surface area contributed by atoms with Crippen molar-refractivity contribution in [3.8, 4) is 5.88 Å². The maximum atomic E-state index is 12.7. The number of hydrogen-bond acceptors (Lipinski definition) is 6. The highest BCUT2D eigenvalue weighted by atomic mass is 35.5. The summed E-state index contributed by atoms with van der Waals surface area (Å²) >= 11 is 5.82. The van der Waals surface area contributed by atoms with E-state index in [-0.39, 0.29) is 61.5 Å². The van der Waals surface area contributed by atoms with E-state index >= 15 is 0 Å². The van der Waals surface area contributed by atoms with Crippen LogP contribution in [0, 0.1) is 5.92 Å². The molecule has 0 aliphatic heterocycles. The zero-order valence-electron chi connectivity index (χ0n) is 17.0. The molecule has 0 spiro atoms. The molecule has 1 aromatic rings. The number of rotatable bonds is 8. The second-order valence-corrected chi connectivity index (χ2v) is 7.00. The smallest absolute Gasteiger partial charge is 0.391 e. The minimum Gasteiger partial charge on any atom is -0.475 e. The Labute approximate surface area is 178 Å². The molecule has 1 heterocycles. The third-order valence-electron chi connectivity index (χ3n) is 4.42. The van der Waals surface area contributed by atoms with Gasteiger partial charge in [-0.25, -0.2) is 4.98 Å². The Morgan fingerprint density at radius 2 is 1.80 bits per heavy atom. The molecule has 30 heavy (non-hydrogen) atoms. The fourth-order valence-electron chi connectivity index (χ4n) is 2.84. The van der Waals surface area contributed by atoms with E-state index in [0.717, 1.165) is 0 Å². The van der Waals surface area contributed by atoms with Crippen LogP contribution < -0.4 is 10.1 Å². The summed E-state index contributed by atoms with van der Waals surface area (Å²) in [6.07, 6.45) is -3.56. The summed E-state index contributed by atoms with van der Waals surface area (Å²) in [5.74, 6) is -1.65. The van der Waals surface area contributed by atoms with E-state index in [2.05, 4.69) is 15.0 Å². The Morgan fingerprint density at radius 1 is 1.17 bits per heavy atom. The van der Waals surface area contributed by atoms with Crippen LogP contribution in [0.3, 0.4) is 0 Å². The summed E-state index contributed by atoms with van der Waals surface area (Å²) in [5, 5.41) is 10.9. The third-order valence-corrected chi connectivity index (χ3v) is 4.63. The highest BCUT2D eigenvalue weighted by Crippen LogP contribution is 2.37. The van der Waals surface area contributed by atoms with Gasteiger partial charge in [-0.05, 0) is 37.8 Å². The van der Waals surface area contributed by atoms with E-state index in [1.165, 1.54) is 19.2 Å². The van der Waals surface area contributed by atoms with Gasteiger partial charge in [0.1, 0.15) is 17.3 Å². The molecule has 0 saturated heterocycles. The minimum atomic E-state index is -4.17. The summed E-state index contributed by atoms with van der Waals surface area (Å²) in [7, 11) is 3.07. The standard InChI is InChI=1S/C16H20ClF3N2O3.C3H8O2/c1-24-8-9-25-15-12(6-7-13(17)22-15)14(23)21-11-4-2-10(3-5-11)16(18,19)20;1-5-3-2-4/h6-7,10-11H,2-5,8-9H2,1H3,(H,21,23);4H,2-3H2,1H3/t10-,11-;. The number of nitrogens with one attached hydrogen (secondary N) is 1. The highest BCUT2D eigenvalue weighted by Gasteiger charge is 2.41. The van der Waals surface area contributed by atoms with Crippen molar-refractivity contribution < 1.29 is 37.3 Å². The van der Waals surface area contributed by atoms with E-state index < -0.39 is 18.0 Å². The molecule has 11 heteroatoms. The second kappa shape index (κ2) is 13.6. The van der Waals surface area contributed by atoms with Crippen molar-refractivity contribution in [3.63, 3.8) is 0 Å². The quantitative estimate of drug-likeness (QED) is 0.461. The number of carbonyl (C=O) groups is 1. The molecular weight excluding hydrogens is 429 g/mol. The Kier molecular flexibility index (Phi) is 12.0. The molecule has 172 valence electrons. The van der Waals surface area contributed by atoms with Gasteiger partial charge < -0.3 is 24.6 Å². The molecule has 1 fully saturated rings. The first-order chi connectivity index (χ1) is 14.2. The summed E-state index contributed by atoms with van der Waals surface area (Å²) < 4.78 is 52.8. The van der Waals surface area contributed by atoms with Crippen LogP contribution in [0.2, 0.25) is 5.15 Å². The molecule has 1 amide bonds. The average Bonchev–Trinajstić information content (AvgIpc) is 2.69. The summed E-state index contributed by atoms with van der Waals surface area (Å²) in [6.45, 7) is 1.08. The Morgan fingerprint density at radius 3 is 2.30 bits per heavy atom. The predicted molar refractivity (Wildman–Crippen MR) is 105 cm³/mol. The molecule has 2 rings (SSSR count).